The average Bonchev–Trinajstić information content (AvgIpc) is 2.36. The van der Waals surface area contributed by atoms with E-state index in [2.05, 4.69) is 49.9 Å². The van der Waals surface area contributed by atoms with Crippen LogP contribution >= 0.6 is 0 Å². The fourth-order valence-electron chi connectivity index (χ4n) is 2.94. The van der Waals surface area contributed by atoms with Gasteiger partial charge in [-0.05, 0) is 36.3 Å². The van der Waals surface area contributed by atoms with Crippen molar-refractivity contribution in [2.75, 3.05) is 18.0 Å². The number of nitrogens with two attached hydrogens (primary N) is 1. The summed E-state index contributed by atoms with van der Waals surface area (Å²) in [6.45, 7) is 9.18. The van der Waals surface area contributed by atoms with E-state index in [0.717, 1.165) is 19.5 Å². The molecule has 1 aromatic carbocycles. The number of para-hydroxylation sites is 1. The Labute approximate surface area is 111 Å². The van der Waals surface area contributed by atoms with E-state index >= 15 is 0 Å². The second-order valence-corrected chi connectivity index (χ2v) is 6.26. The van der Waals surface area contributed by atoms with Gasteiger partial charge in [0.05, 0.1) is 0 Å². The Balaban J connectivity index is 2.27. The highest BCUT2D eigenvalue weighted by atomic mass is 15.1. The standard InChI is InChI=1S/C16H26N2/c1-4-14(17)13-8-5-6-9-15(13)18-11-7-10-16(2,3)12-18/h5-6,8-9,14H,4,7,10-12,17H2,1-3H3/t14-/m1/s1. The van der Waals surface area contributed by atoms with Crippen LogP contribution in [0.1, 0.15) is 51.6 Å². The third kappa shape index (κ3) is 2.86. The molecule has 0 unspecified atom stereocenters. The van der Waals surface area contributed by atoms with E-state index in [1.807, 2.05) is 0 Å². The molecular formula is C16H26N2. The summed E-state index contributed by atoms with van der Waals surface area (Å²) in [4.78, 5) is 2.52. The third-order valence-corrected chi connectivity index (χ3v) is 4.02. The Morgan fingerprint density at radius 1 is 1.33 bits per heavy atom. The predicted molar refractivity (Wildman–Crippen MR) is 78.9 cm³/mol. The molecule has 100 valence electrons. The van der Waals surface area contributed by atoms with Gasteiger partial charge in [-0.25, -0.2) is 0 Å². The summed E-state index contributed by atoms with van der Waals surface area (Å²) in [6, 6.07) is 8.80. The van der Waals surface area contributed by atoms with Crippen molar-refractivity contribution in [1.29, 1.82) is 0 Å². The molecule has 2 rings (SSSR count). The van der Waals surface area contributed by atoms with Gasteiger partial charge in [0.15, 0.2) is 0 Å². The summed E-state index contributed by atoms with van der Waals surface area (Å²) in [5.41, 5.74) is 9.31. The van der Waals surface area contributed by atoms with Gasteiger partial charge in [-0.15, -0.1) is 0 Å². The Bertz CT molecular complexity index is 398. The van der Waals surface area contributed by atoms with Gasteiger partial charge in [-0.2, -0.15) is 0 Å². The first-order valence-corrected chi connectivity index (χ1v) is 7.13. The van der Waals surface area contributed by atoms with Crippen molar-refractivity contribution in [2.45, 2.75) is 46.1 Å². The molecule has 1 aliphatic rings. The summed E-state index contributed by atoms with van der Waals surface area (Å²) < 4.78 is 0. The zero-order chi connectivity index (χ0) is 13.2. The van der Waals surface area contributed by atoms with E-state index < -0.39 is 0 Å². The van der Waals surface area contributed by atoms with Crippen molar-refractivity contribution in [3.05, 3.63) is 29.8 Å². The molecule has 0 spiro atoms. The minimum absolute atomic E-state index is 0.159. The molecule has 2 N–H and O–H groups in total. The van der Waals surface area contributed by atoms with Crippen molar-refractivity contribution in [3.63, 3.8) is 0 Å². The monoisotopic (exact) mass is 246 g/mol. The van der Waals surface area contributed by atoms with Crippen LogP contribution in [-0.2, 0) is 0 Å². The molecule has 0 aromatic heterocycles. The molecule has 0 amide bonds. The van der Waals surface area contributed by atoms with Gasteiger partial charge in [0, 0.05) is 24.8 Å². The van der Waals surface area contributed by atoms with Crippen LogP contribution in [0.3, 0.4) is 0 Å². The second kappa shape index (κ2) is 5.31. The first-order valence-electron chi connectivity index (χ1n) is 7.13. The van der Waals surface area contributed by atoms with Gasteiger partial charge >= 0.3 is 0 Å². The van der Waals surface area contributed by atoms with Crippen LogP contribution in [0, 0.1) is 5.41 Å². The quantitative estimate of drug-likeness (QED) is 0.880. The van der Waals surface area contributed by atoms with E-state index in [4.69, 9.17) is 5.73 Å². The topological polar surface area (TPSA) is 29.3 Å². The molecule has 2 nitrogen and oxygen atoms in total. The van der Waals surface area contributed by atoms with Gasteiger partial charge in [-0.1, -0.05) is 39.0 Å². The van der Waals surface area contributed by atoms with Crippen LogP contribution in [0.15, 0.2) is 24.3 Å². The SMILES string of the molecule is CC[C@@H](N)c1ccccc1N1CCCC(C)(C)C1. The van der Waals surface area contributed by atoms with Crippen molar-refractivity contribution in [1.82, 2.24) is 0 Å². The minimum Gasteiger partial charge on any atom is -0.371 e. The van der Waals surface area contributed by atoms with Crippen LogP contribution in [0.2, 0.25) is 0 Å². The van der Waals surface area contributed by atoms with E-state index in [0.29, 0.717) is 5.41 Å². The van der Waals surface area contributed by atoms with Crippen LogP contribution in [0.4, 0.5) is 5.69 Å². The molecule has 1 aromatic rings. The molecule has 1 saturated heterocycles. The third-order valence-electron chi connectivity index (χ3n) is 4.02. The Kier molecular flexibility index (Phi) is 3.96. The van der Waals surface area contributed by atoms with Crippen molar-refractivity contribution >= 4 is 5.69 Å². The molecule has 2 heteroatoms. The van der Waals surface area contributed by atoms with Gasteiger partial charge in [0.25, 0.3) is 0 Å². The van der Waals surface area contributed by atoms with Crippen molar-refractivity contribution in [2.24, 2.45) is 11.1 Å². The molecule has 18 heavy (non-hydrogen) atoms. The van der Waals surface area contributed by atoms with Crippen LogP contribution in [0.25, 0.3) is 0 Å². The number of benzene rings is 1. The van der Waals surface area contributed by atoms with E-state index in [-0.39, 0.29) is 6.04 Å². The molecule has 0 bridgehead atoms. The summed E-state index contributed by atoms with van der Waals surface area (Å²) in [5, 5.41) is 0. The van der Waals surface area contributed by atoms with Crippen LogP contribution in [-0.4, -0.2) is 13.1 Å². The van der Waals surface area contributed by atoms with Crippen LogP contribution < -0.4 is 10.6 Å². The zero-order valence-corrected chi connectivity index (χ0v) is 11.9. The number of hydrogen-bond acceptors (Lipinski definition) is 2. The summed E-state index contributed by atoms with van der Waals surface area (Å²) in [7, 11) is 0. The molecule has 1 atom stereocenters. The first kappa shape index (κ1) is 13.4. The lowest BCUT2D eigenvalue weighted by Crippen LogP contribution is -2.40. The number of rotatable bonds is 3. The van der Waals surface area contributed by atoms with Gasteiger partial charge in [-0.3, -0.25) is 0 Å². The predicted octanol–water partition coefficient (Wildman–Crippen LogP) is 3.72. The molecule has 0 saturated carbocycles. The maximum absolute atomic E-state index is 6.24. The largest absolute Gasteiger partial charge is 0.371 e. The van der Waals surface area contributed by atoms with Crippen molar-refractivity contribution < 1.29 is 0 Å². The maximum Gasteiger partial charge on any atom is 0.0414 e. The van der Waals surface area contributed by atoms with E-state index in [1.165, 1.54) is 24.1 Å². The average molecular weight is 246 g/mol. The molecule has 0 radical (unpaired) electrons. The Hall–Kier alpha value is -1.02. The van der Waals surface area contributed by atoms with Gasteiger partial charge < -0.3 is 10.6 Å². The molecule has 0 aliphatic carbocycles. The smallest absolute Gasteiger partial charge is 0.0414 e. The lowest BCUT2D eigenvalue weighted by atomic mass is 9.83. The summed E-state index contributed by atoms with van der Waals surface area (Å²) >= 11 is 0. The highest BCUT2D eigenvalue weighted by molar-refractivity contribution is 5.55. The van der Waals surface area contributed by atoms with Crippen molar-refractivity contribution in [3.8, 4) is 0 Å². The first-order chi connectivity index (χ1) is 8.53. The lowest BCUT2D eigenvalue weighted by Gasteiger charge is -2.40. The van der Waals surface area contributed by atoms with Gasteiger partial charge in [0.2, 0.25) is 0 Å². The Morgan fingerprint density at radius 2 is 2.06 bits per heavy atom. The number of piperidine rings is 1. The normalized spacial score (nSPS) is 20.8. The Morgan fingerprint density at radius 3 is 2.72 bits per heavy atom. The minimum atomic E-state index is 0.159. The number of hydrogen-bond donors (Lipinski definition) is 1. The highest BCUT2D eigenvalue weighted by Crippen LogP contribution is 2.34. The second-order valence-electron chi connectivity index (χ2n) is 6.26. The highest BCUT2D eigenvalue weighted by Gasteiger charge is 2.27. The number of nitrogens with zero attached hydrogens (tertiary/aromatic N) is 1. The molecule has 1 aliphatic heterocycles. The molecule has 1 fully saturated rings. The lowest BCUT2D eigenvalue weighted by molar-refractivity contribution is 0.292. The van der Waals surface area contributed by atoms with Gasteiger partial charge in [0.1, 0.15) is 0 Å². The zero-order valence-electron chi connectivity index (χ0n) is 11.9. The fourth-order valence-corrected chi connectivity index (χ4v) is 2.94. The summed E-state index contributed by atoms with van der Waals surface area (Å²) in [6.07, 6.45) is 3.60. The van der Waals surface area contributed by atoms with E-state index in [9.17, 15) is 0 Å². The fraction of sp³-hybridized carbons (Fsp3) is 0.625. The number of anilines is 1. The maximum atomic E-state index is 6.24. The van der Waals surface area contributed by atoms with Crippen LogP contribution in [0.5, 0.6) is 0 Å². The summed E-state index contributed by atoms with van der Waals surface area (Å²) in [5.74, 6) is 0. The molecular weight excluding hydrogens is 220 g/mol. The molecule has 1 heterocycles. The van der Waals surface area contributed by atoms with E-state index in [1.54, 1.807) is 0 Å².